The van der Waals surface area contributed by atoms with Crippen molar-refractivity contribution in [2.75, 3.05) is 7.11 Å². The van der Waals surface area contributed by atoms with E-state index in [1.807, 2.05) is 13.8 Å². The zero-order valence-electron chi connectivity index (χ0n) is 14.8. The predicted octanol–water partition coefficient (Wildman–Crippen LogP) is 4.00. The third-order valence-electron chi connectivity index (χ3n) is 3.65. The van der Waals surface area contributed by atoms with Crippen molar-refractivity contribution in [3.63, 3.8) is 0 Å². The van der Waals surface area contributed by atoms with E-state index in [0.29, 0.717) is 27.6 Å². The lowest BCUT2D eigenvalue weighted by Crippen LogP contribution is -2.17. The number of aromatic hydroxyl groups is 1. The van der Waals surface area contributed by atoms with E-state index in [-0.39, 0.29) is 11.9 Å². The van der Waals surface area contributed by atoms with Gasteiger partial charge in [-0.2, -0.15) is 5.10 Å². The number of hydrogen-bond donors (Lipinski definition) is 2. The third kappa shape index (κ3) is 5.13. The number of nitrogens with one attached hydrogen (secondary N) is 1. The summed E-state index contributed by atoms with van der Waals surface area (Å²) in [6.07, 6.45) is 2.30. The standard InChI is InChI=1S/C19H21ClN2O4/c1-4-12(2)26-18-16(20)9-13(10-17(18)25-3)11-21-22-19(24)14-5-7-15(23)8-6-14/h5-12,23H,4H2,1-3H3,(H,22,24). The van der Waals surface area contributed by atoms with Crippen molar-refractivity contribution in [2.24, 2.45) is 5.10 Å². The highest BCUT2D eigenvalue weighted by molar-refractivity contribution is 6.32. The molecule has 0 spiro atoms. The Morgan fingerprint density at radius 3 is 2.65 bits per heavy atom. The van der Waals surface area contributed by atoms with Crippen LogP contribution < -0.4 is 14.9 Å². The van der Waals surface area contributed by atoms with E-state index in [4.69, 9.17) is 21.1 Å². The van der Waals surface area contributed by atoms with Gasteiger partial charge in [0, 0.05) is 5.56 Å². The lowest BCUT2D eigenvalue weighted by Gasteiger charge is -2.17. The number of hydrogen-bond acceptors (Lipinski definition) is 5. The third-order valence-corrected chi connectivity index (χ3v) is 3.94. The van der Waals surface area contributed by atoms with Crippen LogP contribution in [0.1, 0.15) is 36.2 Å². The number of phenols is 1. The molecule has 1 amide bonds. The number of methoxy groups -OCH3 is 1. The normalized spacial score (nSPS) is 12.0. The lowest BCUT2D eigenvalue weighted by molar-refractivity contribution is 0.0955. The Morgan fingerprint density at radius 2 is 2.04 bits per heavy atom. The minimum absolute atomic E-state index is 0.00511. The zero-order valence-corrected chi connectivity index (χ0v) is 15.6. The van der Waals surface area contributed by atoms with Crippen LogP contribution in [0, 0.1) is 0 Å². The average Bonchev–Trinajstić information content (AvgIpc) is 2.63. The van der Waals surface area contributed by atoms with E-state index in [1.54, 1.807) is 12.1 Å². The van der Waals surface area contributed by atoms with Crippen molar-refractivity contribution >= 4 is 23.7 Å². The second kappa shape index (κ2) is 9.10. The molecule has 2 aromatic carbocycles. The van der Waals surface area contributed by atoms with Gasteiger partial charge in [0.15, 0.2) is 11.5 Å². The molecule has 2 aromatic rings. The molecule has 138 valence electrons. The average molecular weight is 377 g/mol. The summed E-state index contributed by atoms with van der Waals surface area (Å²) in [6.45, 7) is 3.97. The molecule has 0 bridgehead atoms. The minimum atomic E-state index is -0.393. The van der Waals surface area contributed by atoms with Gasteiger partial charge >= 0.3 is 0 Å². The van der Waals surface area contributed by atoms with Crippen LogP contribution in [-0.2, 0) is 0 Å². The molecule has 0 aliphatic heterocycles. The highest BCUT2D eigenvalue weighted by Gasteiger charge is 2.14. The quantitative estimate of drug-likeness (QED) is 0.565. The molecule has 0 radical (unpaired) electrons. The Kier molecular flexibility index (Phi) is 6.86. The molecule has 0 aromatic heterocycles. The van der Waals surface area contributed by atoms with Crippen molar-refractivity contribution in [3.8, 4) is 17.2 Å². The van der Waals surface area contributed by atoms with Crippen LogP contribution in [0.15, 0.2) is 41.5 Å². The van der Waals surface area contributed by atoms with Gasteiger partial charge in [0.2, 0.25) is 0 Å². The number of benzene rings is 2. The Bertz CT molecular complexity index is 791. The number of nitrogens with zero attached hydrogens (tertiary/aromatic N) is 1. The summed E-state index contributed by atoms with van der Waals surface area (Å²) in [5.74, 6) is 0.667. The number of hydrazone groups is 1. The van der Waals surface area contributed by atoms with Crippen molar-refractivity contribution in [2.45, 2.75) is 26.4 Å². The molecule has 1 unspecified atom stereocenters. The fourth-order valence-electron chi connectivity index (χ4n) is 2.06. The van der Waals surface area contributed by atoms with Gasteiger partial charge in [-0.3, -0.25) is 4.79 Å². The van der Waals surface area contributed by atoms with Crippen molar-refractivity contribution in [1.29, 1.82) is 0 Å². The number of halogens is 1. The Balaban J connectivity index is 2.11. The summed E-state index contributed by atoms with van der Waals surface area (Å²) < 4.78 is 11.1. The van der Waals surface area contributed by atoms with Crippen LogP contribution in [-0.4, -0.2) is 30.4 Å². The van der Waals surface area contributed by atoms with Crippen LogP contribution in [0.25, 0.3) is 0 Å². The molecule has 6 nitrogen and oxygen atoms in total. The number of phenolic OH excluding ortho intramolecular Hbond substituents is 1. The van der Waals surface area contributed by atoms with Crippen LogP contribution >= 0.6 is 11.6 Å². The first-order valence-corrected chi connectivity index (χ1v) is 8.49. The van der Waals surface area contributed by atoms with Crippen LogP contribution in [0.4, 0.5) is 0 Å². The molecular formula is C19H21ClN2O4. The van der Waals surface area contributed by atoms with E-state index >= 15 is 0 Å². The number of amides is 1. The Labute approximate surface area is 157 Å². The monoisotopic (exact) mass is 376 g/mol. The van der Waals surface area contributed by atoms with E-state index in [2.05, 4.69) is 10.5 Å². The molecule has 26 heavy (non-hydrogen) atoms. The first-order valence-electron chi connectivity index (χ1n) is 8.11. The van der Waals surface area contributed by atoms with Crippen molar-refractivity contribution in [3.05, 3.63) is 52.5 Å². The van der Waals surface area contributed by atoms with Crippen LogP contribution in [0.2, 0.25) is 5.02 Å². The fourth-order valence-corrected chi connectivity index (χ4v) is 2.32. The lowest BCUT2D eigenvalue weighted by atomic mass is 10.2. The number of carbonyl (C=O) groups excluding carboxylic acids is 1. The van der Waals surface area contributed by atoms with Gasteiger partial charge in [-0.15, -0.1) is 0 Å². The predicted molar refractivity (Wildman–Crippen MR) is 102 cm³/mol. The summed E-state index contributed by atoms with van der Waals surface area (Å²) in [6, 6.07) is 9.26. The maximum absolute atomic E-state index is 12.0. The van der Waals surface area contributed by atoms with Gasteiger partial charge in [-0.1, -0.05) is 18.5 Å². The fraction of sp³-hybridized carbons (Fsp3) is 0.263. The number of ether oxygens (including phenoxy) is 2. The van der Waals surface area contributed by atoms with E-state index in [0.717, 1.165) is 6.42 Å². The molecule has 0 saturated carbocycles. The topological polar surface area (TPSA) is 80.2 Å². The molecular weight excluding hydrogens is 356 g/mol. The molecule has 1 atom stereocenters. The maximum atomic E-state index is 12.0. The second-order valence-electron chi connectivity index (χ2n) is 5.62. The zero-order chi connectivity index (χ0) is 19.1. The summed E-state index contributed by atoms with van der Waals surface area (Å²) in [5, 5.41) is 13.6. The van der Waals surface area contributed by atoms with Crippen molar-refractivity contribution < 1.29 is 19.4 Å². The molecule has 2 rings (SSSR count). The summed E-state index contributed by atoms with van der Waals surface area (Å²) >= 11 is 6.29. The highest BCUT2D eigenvalue weighted by atomic mass is 35.5. The van der Waals surface area contributed by atoms with E-state index in [9.17, 15) is 9.90 Å². The van der Waals surface area contributed by atoms with Crippen LogP contribution in [0.5, 0.6) is 17.2 Å². The molecule has 7 heteroatoms. The molecule has 0 aliphatic rings. The van der Waals surface area contributed by atoms with Gasteiger partial charge in [-0.25, -0.2) is 5.43 Å². The molecule has 0 heterocycles. The smallest absolute Gasteiger partial charge is 0.271 e. The number of rotatable bonds is 7. The van der Waals surface area contributed by atoms with E-state index in [1.165, 1.54) is 37.6 Å². The van der Waals surface area contributed by atoms with Gasteiger partial charge in [0.05, 0.1) is 24.5 Å². The van der Waals surface area contributed by atoms with Gasteiger partial charge in [0.25, 0.3) is 5.91 Å². The first-order chi connectivity index (χ1) is 12.4. The van der Waals surface area contributed by atoms with E-state index < -0.39 is 5.91 Å². The first kappa shape index (κ1) is 19.6. The maximum Gasteiger partial charge on any atom is 0.271 e. The second-order valence-corrected chi connectivity index (χ2v) is 6.02. The minimum Gasteiger partial charge on any atom is -0.508 e. The summed E-state index contributed by atoms with van der Waals surface area (Å²) in [7, 11) is 1.53. The Morgan fingerprint density at radius 1 is 1.35 bits per heavy atom. The van der Waals surface area contributed by atoms with Crippen LogP contribution in [0.3, 0.4) is 0 Å². The van der Waals surface area contributed by atoms with Crippen molar-refractivity contribution in [1.82, 2.24) is 5.43 Å². The van der Waals surface area contributed by atoms with Gasteiger partial charge < -0.3 is 14.6 Å². The highest BCUT2D eigenvalue weighted by Crippen LogP contribution is 2.37. The SMILES string of the molecule is CCC(C)Oc1c(Cl)cc(C=NNC(=O)c2ccc(O)cc2)cc1OC. The summed E-state index contributed by atoms with van der Waals surface area (Å²) in [5.41, 5.74) is 3.44. The summed E-state index contributed by atoms with van der Waals surface area (Å²) in [4.78, 5) is 12.0. The molecule has 0 aliphatic carbocycles. The molecule has 2 N–H and O–H groups in total. The van der Waals surface area contributed by atoms with Gasteiger partial charge in [-0.05, 0) is 55.3 Å². The Hall–Kier alpha value is -2.73. The molecule has 0 saturated heterocycles. The van der Waals surface area contributed by atoms with Gasteiger partial charge in [0.1, 0.15) is 5.75 Å². The molecule has 0 fully saturated rings. The largest absolute Gasteiger partial charge is 0.508 e. The number of carbonyl (C=O) groups is 1.